The van der Waals surface area contributed by atoms with Crippen molar-refractivity contribution in [2.24, 2.45) is 7.05 Å². The van der Waals surface area contributed by atoms with Gasteiger partial charge in [0.1, 0.15) is 11.5 Å². The molecule has 1 aliphatic rings. The molecule has 0 radical (unpaired) electrons. The van der Waals surface area contributed by atoms with E-state index in [1.165, 1.54) is 0 Å². The van der Waals surface area contributed by atoms with Crippen molar-refractivity contribution < 1.29 is 9.32 Å². The first kappa shape index (κ1) is 15.3. The molecule has 2 aromatic heterocycles. The van der Waals surface area contributed by atoms with Gasteiger partial charge in [0.15, 0.2) is 0 Å². The number of carbonyl (C=O) groups is 1. The van der Waals surface area contributed by atoms with Crippen LogP contribution in [-0.4, -0.2) is 51.6 Å². The van der Waals surface area contributed by atoms with Gasteiger partial charge in [-0.25, -0.2) is 0 Å². The fraction of sp³-hybridized carbons (Fsp3) is 0.467. The maximum atomic E-state index is 12.5. The number of hydrogen-bond acceptors (Lipinski definition) is 4. The van der Waals surface area contributed by atoms with Gasteiger partial charge < -0.3 is 14.0 Å². The molecular weight excluding hydrogens is 348 g/mol. The minimum absolute atomic E-state index is 0.0881. The third-order valence-corrected chi connectivity index (χ3v) is 4.35. The van der Waals surface area contributed by atoms with E-state index in [9.17, 15) is 4.79 Å². The number of rotatable bonds is 3. The zero-order chi connectivity index (χ0) is 15.7. The largest absolute Gasteiger partial charge is 0.361 e. The van der Waals surface area contributed by atoms with Gasteiger partial charge in [0, 0.05) is 56.5 Å². The molecule has 0 unspecified atom stereocenters. The van der Waals surface area contributed by atoms with Gasteiger partial charge >= 0.3 is 0 Å². The molecule has 1 saturated heterocycles. The number of piperazine rings is 1. The van der Waals surface area contributed by atoms with Gasteiger partial charge in [-0.1, -0.05) is 5.16 Å². The zero-order valence-electron chi connectivity index (χ0n) is 12.8. The zero-order valence-corrected chi connectivity index (χ0v) is 14.3. The Morgan fingerprint density at radius 3 is 2.59 bits per heavy atom. The molecule has 118 valence electrons. The average molecular weight is 367 g/mol. The highest BCUT2D eigenvalue weighted by Crippen LogP contribution is 2.17. The smallest absolute Gasteiger partial charge is 0.270 e. The standard InChI is InChI=1S/C15H19BrN4O2/c1-11-7-13(17-22-11)10-19-3-5-20(6-4-19)15(21)14-8-12(16)9-18(14)2/h7-9H,3-6,10H2,1-2H3. The van der Waals surface area contributed by atoms with Crippen LogP contribution in [0.1, 0.15) is 21.9 Å². The Morgan fingerprint density at radius 2 is 2.05 bits per heavy atom. The average Bonchev–Trinajstić information content (AvgIpc) is 3.04. The Kier molecular flexibility index (Phi) is 4.35. The topological polar surface area (TPSA) is 54.5 Å². The van der Waals surface area contributed by atoms with Crippen molar-refractivity contribution in [3.8, 4) is 0 Å². The Balaban J connectivity index is 1.57. The van der Waals surface area contributed by atoms with E-state index < -0.39 is 0 Å². The highest BCUT2D eigenvalue weighted by molar-refractivity contribution is 9.10. The first-order valence-electron chi connectivity index (χ1n) is 7.28. The van der Waals surface area contributed by atoms with E-state index in [-0.39, 0.29) is 5.91 Å². The number of aromatic nitrogens is 2. The lowest BCUT2D eigenvalue weighted by Crippen LogP contribution is -2.48. The van der Waals surface area contributed by atoms with E-state index in [1.807, 2.05) is 41.8 Å². The van der Waals surface area contributed by atoms with Crippen LogP contribution in [0.4, 0.5) is 0 Å². The SMILES string of the molecule is Cc1cc(CN2CCN(C(=O)c3cc(Br)cn3C)CC2)no1. The summed E-state index contributed by atoms with van der Waals surface area (Å²) < 4.78 is 7.88. The molecule has 0 N–H and O–H groups in total. The van der Waals surface area contributed by atoms with E-state index >= 15 is 0 Å². The van der Waals surface area contributed by atoms with E-state index in [4.69, 9.17) is 4.52 Å². The summed E-state index contributed by atoms with van der Waals surface area (Å²) in [7, 11) is 1.89. The molecule has 0 aromatic carbocycles. The first-order valence-corrected chi connectivity index (χ1v) is 8.08. The van der Waals surface area contributed by atoms with Crippen molar-refractivity contribution in [3.63, 3.8) is 0 Å². The van der Waals surface area contributed by atoms with Gasteiger partial charge in [-0.05, 0) is 28.9 Å². The first-order chi connectivity index (χ1) is 10.5. The molecule has 0 aliphatic carbocycles. The number of halogens is 1. The summed E-state index contributed by atoms with van der Waals surface area (Å²) in [6, 6.07) is 3.83. The second-order valence-corrected chi connectivity index (χ2v) is 6.57. The number of hydrogen-bond donors (Lipinski definition) is 0. The lowest BCUT2D eigenvalue weighted by molar-refractivity contribution is 0.0616. The second kappa shape index (κ2) is 6.26. The summed E-state index contributed by atoms with van der Waals surface area (Å²) in [5, 5.41) is 4.02. The molecule has 1 aliphatic heterocycles. The molecule has 1 fully saturated rings. The summed E-state index contributed by atoms with van der Waals surface area (Å²) in [6.07, 6.45) is 1.90. The molecule has 3 rings (SSSR count). The van der Waals surface area contributed by atoms with Gasteiger partial charge in [0.25, 0.3) is 5.91 Å². The molecule has 1 amide bonds. The van der Waals surface area contributed by atoms with Crippen LogP contribution in [0.15, 0.2) is 27.3 Å². The summed E-state index contributed by atoms with van der Waals surface area (Å²) in [5.74, 6) is 0.920. The molecule has 0 atom stereocenters. The third kappa shape index (κ3) is 3.25. The lowest BCUT2D eigenvalue weighted by Gasteiger charge is -2.34. The Labute approximate surface area is 137 Å². The molecule has 3 heterocycles. The molecule has 0 bridgehead atoms. The monoisotopic (exact) mass is 366 g/mol. The second-order valence-electron chi connectivity index (χ2n) is 5.65. The number of carbonyl (C=O) groups excluding carboxylic acids is 1. The van der Waals surface area contributed by atoms with Crippen LogP contribution in [0, 0.1) is 6.92 Å². The van der Waals surface area contributed by atoms with Crippen LogP contribution in [0.2, 0.25) is 0 Å². The van der Waals surface area contributed by atoms with Gasteiger partial charge in [-0.3, -0.25) is 9.69 Å². The molecule has 2 aromatic rings. The number of nitrogens with zero attached hydrogens (tertiary/aromatic N) is 4. The minimum atomic E-state index is 0.0881. The molecule has 6 nitrogen and oxygen atoms in total. The Bertz CT molecular complexity index is 671. The van der Waals surface area contributed by atoms with Crippen molar-refractivity contribution in [2.75, 3.05) is 26.2 Å². The van der Waals surface area contributed by atoms with Crippen LogP contribution in [0.5, 0.6) is 0 Å². The predicted octanol–water partition coefficient (Wildman–Crippen LogP) is 2.04. The van der Waals surface area contributed by atoms with Crippen LogP contribution in [-0.2, 0) is 13.6 Å². The van der Waals surface area contributed by atoms with E-state index in [1.54, 1.807) is 0 Å². The summed E-state index contributed by atoms with van der Waals surface area (Å²) in [6.45, 7) is 5.84. The summed E-state index contributed by atoms with van der Waals surface area (Å²) >= 11 is 3.41. The fourth-order valence-electron chi connectivity index (χ4n) is 2.73. The van der Waals surface area contributed by atoms with Gasteiger partial charge in [-0.2, -0.15) is 0 Å². The maximum Gasteiger partial charge on any atom is 0.270 e. The van der Waals surface area contributed by atoms with Crippen LogP contribution >= 0.6 is 15.9 Å². The molecule has 7 heteroatoms. The van der Waals surface area contributed by atoms with Crippen LogP contribution in [0.3, 0.4) is 0 Å². The molecule has 22 heavy (non-hydrogen) atoms. The van der Waals surface area contributed by atoms with Crippen molar-refractivity contribution in [1.82, 2.24) is 19.5 Å². The van der Waals surface area contributed by atoms with E-state index in [0.717, 1.165) is 48.7 Å². The van der Waals surface area contributed by atoms with Crippen LogP contribution < -0.4 is 0 Å². The normalized spacial score (nSPS) is 16.2. The predicted molar refractivity (Wildman–Crippen MR) is 85.5 cm³/mol. The maximum absolute atomic E-state index is 12.5. The van der Waals surface area contributed by atoms with Crippen molar-refractivity contribution in [3.05, 3.63) is 40.0 Å². The van der Waals surface area contributed by atoms with Crippen LogP contribution in [0.25, 0.3) is 0 Å². The molecule has 0 saturated carbocycles. The number of aryl methyl sites for hydroxylation is 2. The quantitative estimate of drug-likeness (QED) is 0.833. The Hall–Kier alpha value is -1.60. The molecular formula is C15H19BrN4O2. The minimum Gasteiger partial charge on any atom is -0.361 e. The highest BCUT2D eigenvalue weighted by atomic mass is 79.9. The third-order valence-electron chi connectivity index (χ3n) is 3.91. The van der Waals surface area contributed by atoms with Crippen molar-refractivity contribution in [2.45, 2.75) is 13.5 Å². The van der Waals surface area contributed by atoms with Gasteiger partial charge in [-0.15, -0.1) is 0 Å². The van der Waals surface area contributed by atoms with Gasteiger partial charge in [0.05, 0.1) is 5.69 Å². The van der Waals surface area contributed by atoms with E-state index in [2.05, 4.69) is 26.0 Å². The van der Waals surface area contributed by atoms with Crippen molar-refractivity contribution in [1.29, 1.82) is 0 Å². The Morgan fingerprint density at radius 1 is 1.32 bits per heavy atom. The summed E-state index contributed by atoms with van der Waals surface area (Å²) in [4.78, 5) is 16.7. The molecule has 0 spiro atoms. The van der Waals surface area contributed by atoms with Crippen molar-refractivity contribution >= 4 is 21.8 Å². The number of amides is 1. The lowest BCUT2D eigenvalue weighted by atomic mass is 10.2. The van der Waals surface area contributed by atoms with Gasteiger partial charge in [0.2, 0.25) is 0 Å². The van der Waals surface area contributed by atoms with E-state index in [0.29, 0.717) is 5.69 Å². The highest BCUT2D eigenvalue weighted by Gasteiger charge is 2.24. The summed E-state index contributed by atoms with van der Waals surface area (Å²) in [5.41, 5.74) is 1.66. The fourth-order valence-corrected chi connectivity index (χ4v) is 3.25.